The number of halogens is 2. The fourth-order valence-corrected chi connectivity index (χ4v) is 3.40. The summed E-state index contributed by atoms with van der Waals surface area (Å²) in [5.74, 6) is -0.675. The second-order valence-corrected chi connectivity index (χ2v) is 6.91. The predicted molar refractivity (Wildman–Crippen MR) is 113 cm³/mol. The molecule has 0 amide bonds. The molecule has 0 radical (unpaired) electrons. The van der Waals surface area contributed by atoms with Crippen LogP contribution in [-0.4, -0.2) is 10.9 Å². The van der Waals surface area contributed by atoms with Gasteiger partial charge < -0.3 is 4.57 Å². The zero-order chi connectivity index (χ0) is 21.1. The van der Waals surface area contributed by atoms with Crippen molar-refractivity contribution in [2.45, 2.75) is 6.54 Å². The van der Waals surface area contributed by atoms with Crippen LogP contribution in [0.5, 0.6) is 0 Å². The normalized spacial score (nSPS) is 11.4. The van der Waals surface area contributed by atoms with Crippen LogP contribution in [0.3, 0.4) is 0 Å². The third-order valence-corrected chi connectivity index (χ3v) is 4.92. The van der Waals surface area contributed by atoms with Gasteiger partial charge in [0.2, 0.25) is 0 Å². The first kappa shape index (κ1) is 19.3. The summed E-state index contributed by atoms with van der Waals surface area (Å²) in [5, 5.41) is 10.5. The van der Waals surface area contributed by atoms with Crippen LogP contribution in [0.25, 0.3) is 22.6 Å². The minimum Gasteiger partial charge on any atom is -0.342 e. The van der Waals surface area contributed by atoms with Crippen LogP contribution in [0.4, 0.5) is 8.78 Å². The second kappa shape index (κ2) is 8.14. The van der Waals surface area contributed by atoms with E-state index in [-0.39, 0.29) is 11.6 Å². The molecule has 0 aliphatic rings. The molecule has 146 valence electrons. The van der Waals surface area contributed by atoms with Gasteiger partial charge in [0.25, 0.3) is 0 Å². The quantitative estimate of drug-likeness (QED) is 0.313. The Bertz CT molecular complexity index is 1290. The van der Waals surface area contributed by atoms with Crippen molar-refractivity contribution in [1.29, 1.82) is 5.26 Å². The average Bonchev–Trinajstić information content (AvgIpc) is 3.10. The molecule has 0 N–H and O–H groups in total. The first-order chi connectivity index (χ1) is 14.6. The number of carbonyl (C=O) groups excluding carboxylic acids is 1. The lowest BCUT2D eigenvalue weighted by Gasteiger charge is -2.05. The topological polar surface area (TPSA) is 45.8 Å². The summed E-state index contributed by atoms with van der Waals surface area (Å²) in [7, 11) is 0. The van der Waals surface area contributed by atoms with Crippen molar-refractivity contribution >= 4 is 28.8 Å². The van der Waals surface area contributed by atoms with Gasteiger partial charge in [0, 0.05) is 29.3 Å². The SMILES string of the molecule is N#C/C(=C\c1cn(Cc2ccc(F)cc2)c2cc(F)ccc12)c1ccc(C=O)cc1. The number of aromatic nitrogens is 1. The van der Waals surface area contributed by atoms with Crippen LogP contribution in [0.1, 0.15) is 27.0 Å². The Morgan fingerprint density at radius 1 is 0.967 bits per heavy atom. The number of fused-ring (bicyclic) bond motifs is 1. The predicted octanol–water partition coefficient (Wildman–Crippen LogP) is 5.84. The highest BCUT2D eigenvalue weighted by Crippen LogP contribution is 2.28. The first-order valence-corrected chi connectivity index (χ1v) is 9.27. The van der Waals surface area contributed by atoms with Gasteiger partial charge in [0.05, 0.1) is 17.2 Å². The lowest BCUT2D eigenvalue weighted by Crippen LogP contribution is -1.98. The fraction of sp³-hybridized carbons (Fsp3) is 0.0400. The van der Waals surface area contributed by atoms with Gasteiger partial charge in [-0.25, -0.2) is 8.78 Å². The number of nitrogens with zero attached hydrogens (tertiary/aromatic N) is 2. The van der Waals surface area contributed by atoms with Crippen LogP contribution >= 0.6 is 0 Å². The van der Waals surface area contributed by atoms with Gasteiger partial charge in [-0.1, -0.05) is 36.4 Å². The van der Waals surface area contributed by atoms with E-state index >= 15 is 0 Å². The Morgan fingerprint density at radius 2 is 1.67 bits per heavy atom. The van der Waals surface area contributed by atoms with Crippen molar-refractivity contribution in [2.24, 2.45) is 0 Å². The van der Waals surface area contributed by atoms with Gasteiger partial charge >= 0.3 is 0 Å². The van der Waals surface area contributed by atoms with Gasteiger partial charge in [-0.05, 0) is 47.5 Å². The summed E-state index contributed by atoms with van der Waals surface area (Å²) in [4.78, 5) is 10.9. The molecule has 1 aromatic heterocycles. The second-order valence-electron chi connectivity index (χ2n) is 6.91. The van der Waals surface area contributed by atoms with E-state index < -0.39 is 0 Å². The van der Waals surface area contributed by atoms with E-state index in [0.717, 1.165) is 22.8 Å². The molecule has 30 heavy (non-hydrogen) atoms. The van der Waals surface area contributed by atoms with Crippen molar-refractivity contribution in [2.75, 3.05) is 0 Å². The molecule has 0 saturated carbocycles. The monoisotopic (exact) mass is 398 g/mol. The van der Waals surface area contributed by atoms with E-state index in [0.29, 0.717) is 28.8 Å². The molecular formula is C25H16F2N2O. The van der Waals surface area contributed by atoms with Crippen molar-refractivity contribution in [3.05, 3.63) is 107 Å². The van der Waals surface area contributed by atoms with Crippen molar-refractivity contribution in [1.82, 2.24) is 4.57 Å². The number of hydrogen-bond acceptors (Lipinski definition) is 2. The molecule has 3 aromatic carbocycles. The molecule has 5 heteroatoms. The van der Waals surface area contributed by atoms with Crippen LogP contribution in [-0.2, 0) is 6.54 Å². The van der Waals surface area contributed by atoms with Crippen LogP contribution in [0.2, 0.25) is 0 Å². The molecule has 0 aliphatic heterocycles. The van der Waals surface area contributed by atoms with E-state index in [1.54, 1.807) is 48.5 Å². The molecule has 4 aromatic rings. The first-order valence-electron chi connectivity index (χ1n) is 9.27. The summed E-state index contributed by atoms with van der Waals surface area (Å²) in [6, 6.07) is 19.6. The van der Waals surface area contributed by atoms with Gasteiger partial charge in [-0.15, -0.1) is 0 Å². The van der Waals surface area contributed by atoms with Crippen molar-refractivity contribution in [3.63, 3.8) is 0 Å². The highest BCUT2D eigenvalue weighted by molar-refractivity contribution is 5.98. The molecule has 4 rings (SSSR count). The van der Waals surface area contributed by atoms with Crippen LogP contribution in [0.15, 0.2) is 72.9 Å². The molecule has 0 bridgehead atoms. The molecule has 0 atom stereocenters. The third kappa shape index (κ3) is 3.89. The zero-order valence-corrected chi connectivity index (χ0v) is 15.8. The summed E-state index contributed by atoms with van der Waals surface area (Å²) in [6.07, 6.45) is 4.35. The minimum atomic E-state index is -0.360. The Morgan fingerprint density at radius 3 is 2.33 bits per heavy atom. The minimum absolute atomic E-state index is 0.315. The molecule has 0 aliphatic carbocycles. The molecule has 0 saturated heterocycles. The summed E-state index contributed by atoms with van der Waals surface area (Å²) in [6.45, 7) is 0.435. The Labute approximate surface area is 172 Å². The van der Waals surface area contributed by atoms with Crippen LogP contribution < -0.4 is 0 Å². The third-order valence-electron chi connectivity index (χ3n) is 4.92. The maximum atomic E-state index is 13.9. The summed E-state index contributed by atoms with van der Waals surface area (Å²) >= 11 is 0. The lowest BCUT2D eigenvalue weighted by molar-refractivity contribution is 0.112. The van der Waals surface area contributed by atoms with E-state index in [2.05, 4.69) is 6.07 Å². The number of carbonyl (C=O) groups is 1. The summed E-state index contributed by atoms with van der Waals surface area (Å²) in [5.41, 5.74) is 3.96. The number of benzene rings is 3. The van der Waals surface area contributed by atoms with E-state index in [4.69, 9.17) is 0 Å². The van der Waals surface area contributed by atoms with Gasteiger partial charge in [-0.2, -0.15) is 5.26 Å². The standard InChI is InChI=1S/C25H16F2N2O/c26-22-7-3-17(4-8-22)14-29-15-21(24-10-9-23(27)12-25(24)29)11-20(13-28)19-5-1-18(16-30)2-6-19/h1-12,15-16H,14H2/b20-11+. The summed E-state index contributed by atoms with van der Waals surface area (Å²) < 4.78 is 29.0. The fourth-order valence-electron chi connectivity index (χ4n) is 3.40. The molecule has 3 nitrogen and oxygen atoms in total. The van der Waals surface area contributed by atoms with Crippen molar-refractivity contribution in [3.8, 4) is 6.07 Å². The molecule has 0 unspecified atom stereocenters. The molecule has 1 heterocycles. The van der Waals surface area contributed by atoms with Crippen molar-refractivity contribution < 1.29 is 13.6 Å². The van der Waals surface area contributed by atoms with Gasteiger partial charge in [0.1, 0.15) is 17.9 Å². The van der Waals surface area contributed by atoms with Gasteiger partial charge in [-0.3, -0.25) is 4.79 Å². The number of hydrogen-bond donors (Lipinski definition) is 0. The lowest BCUT2D eigenvalue weighted by atomic mass is 10.0. The van der Waals surface area contributed by atoms with Gasteiger partial charge in [0.15, 0.2) is 0 Å². The maximum absolute atomic E-state index is 13.9. The number of allylic oxidation sites excluding steroid dienone is 1. The van der Waals surface area contributed by atoms with E-state index in [1.807, 2.05) is 10.8 Å². The van der Waals surface area contributed by atoms with E-state index in [9.17, 15) is 18.8 Å². The van der Waals surface area contributed by atoms with E-state index in [1.165, 1.54) is 24.3 Å². The smallest absolute Gasteiger partial charge is 0.150 e. The Balaban J connectivity index is 1.79. The molecular weight excluding hydrogens is 382 g/mol. The number of nitriles is 1. The Hall–Kier alpha value is -4.04. The van der Waals surface area contributed by atoms with Crippen LogP contribution in [0, 0.1) is 23.0 Å². The largest absolute Gasteiger partial charge is 0.342 e. The molecule has 0 fully saturated rings. The number of rotatable bonds is 5. The maximum Gasteiger partial charge on any atom is 0.150 e. The highest BCUT2D eigenvalue weighted by atomic mass is 19.1. The zero-order valence-electron chi connectivity index (χ0n) is 15.8. The average molecular weight is 398 g/mol. The Kier molecular flexibility index (Phi) is 5.23. The number of aldehydes is 1. The highest BCUT2D eigenvalue weighted by Gasteiger charge is 2.11. The molecule has 0 spiro atoms.